The Kier molecular flexibility index (Phi) is 4.58. The second-order valence-electron chi connectivity index (χ2n) is 5.20. The summed E-state index contributed by atoms with van der Waals surface area (Å²) in [7, 11) is 1.65. The van der Waals surface area contributed by atoms with Gasteiger partial charge in [-0.15, -0.1) is 0 Å². The Morgan fingerprint density at radius 3 is 2.95 bits per heavy atom. The average molecular weight is 262 g/mol. The first kappa shape index (κ1) is 14.1. The zero-order valence-corrected chi connectivity index (χ0v) is 11.6. The topological polar surface area (TPSA) is 57.3 Å². The third kappa shape index (κ3) is 3.80. The van der Waals surface area contributed by atoms with Crippen molar-refractivity contribution in [3.05, 3.63) is 36.0 Å². The summed E-state index contributed by atoms with van der Waals surface area (Å²) in [5.41, 5.74) is 1.63. The first-order valence-electron chi connectivity index (χ1n) is 6.59. The fourth-order valence-corrected chi connectivity index (χ4v) is 2.15. The number of hydrogen-bond acceptors (Lipinski definition) is 3. The molecule has 104 valence electrons. The Labute approximate surface area is 113 Å². The van der Waals surface area contributed by atoms with Crippen LogP contribution in [0, 0.1) is 0 Å². The van der Waals surface area contributed by atoms with E-state index in [0.29, 0.717) is 19.6 Å². The highest BCUT2D eigenvalue weighted by atomic mass is 16.5. The molecule has 0 bridgehead atoms. The molecule has 4 nitrogen and oxygen atoms in total. The van der Waals surface area contributed by atoms with E-state index in [1.54, 1.807) is 7.11 Å². The number of benzene rings is 1. The maximum atomic E-state index is 10.1. The number of nitrogens with one attached hydrogen (secondary N) is 2. The number of H-pyrrole nitrogens is 1. The van der Waals surface area contributed by atoms with Crippen molar-refractivity contribution in [3.63, 3.8) is 0 Å². The van der Waals surface area contributed by atoms with Crippen LogP contribution >= 0.6 is 0 Å². The molecular weight excluding hydrogens is 240 g/mol. The minimum atomic E-state index is -0.734. The largest absolute Gasteiger partial charge is 0.389 e. The van der Waals surface area contributed by atoms with Gasteiger partial charge in [0.2, 0.25) is 0 Å². The van der Waals surface area contributed by atoms with Gasteiger partial charge in [-0.05, 0) is 18.6 Å². The molecule has 0 amide bonds. The number of aromatic nitrogens is 1. The quantitative estimate of drug-likeness (QED) is 0.715. The van der Waals surface area contributed by atoms with Gasteiger partial charge in [-0.2, -0.15) is 0 Å². The fraction of sp³-hybridized carbons (Fsp3) is 0.467. The molecule has 19 heavy (non-hydrogen) atoms. The highest BCUT2D eigenvalue weighted by Gasteiger charge is 2.19. The van der Waals surface area contributed by atoms with E-state index in [0.717, 1.165) is 12.1 Å². The van der Waals surface area contributed by atoms with Crippen LogP contribution in [-0.4, -0.2) is 36.0 Å². The van der Waals surface area contributed by atoms with E-state index in [4.69, 9.17) is 4.74 Å². The molecule has 0 radical (unpaired) electrons. The third-order valence-electron chi connectivity index (χ3n) is 3.34. The van der Waals surface area contributed by atoms with E-state index >= 15 is 0 Å². The SMILES string of the molecule is COCCC(C)(O)CNCc1c[nH]c2ccccc12. The summed E-state index contributed by atoms with van der Waals surface area (Å²) in [6.07, 6.45) is 2.64. The number of para-hydroxylation sites is 1. The molecular formula is C15H22N2O2. The van der Waals surface area contributed by atoms with Crippen molar-refractivity contribution in [1.29, 1.82) is 0 Å². The second kappa shape index (κ2) is 6.19. The molecule has 0 aliphatic carbocycles. The summed E-state index contributed by atoms with van der Waals surface area (Å²) >= 11 is 0. The molecule has 0 aliphatic heterocycles. The molecule has 1 atom stereocenters. The number of ether oxygens (including phenoxy) is 1. The Hall–Kier alpha value is -1.36. The molecule has 4 heteroatoms. The zero-order valence-electron chi connectivity index (χ0n) is 11.6. The van der Waals surface area contributed by atoms with Crippen molar-refractivity contribution in [2.45, 2.75) is 25.5 Å². The maximum absolute atomic E-state index is 10.1. The monoisotopic (exact) mass is 262 g/mol. The van der Waals surface area contributed by atoms with Crippen molar-refractivity contribution in [2.24, 2.45) is 0 Å². The Morgan fingerprint density at radius 2 is 2.16 bits per heavy atom. The van der Waals surface area contributed by atoms with Crippen molar-refractivity contribution < 1.29 is 9.84 Å². The van der Waals surface area contributed by atoms with E-state index in [-0.39, 0.29) is 0 Å². The molecule has 0 saturated heterocycles. The fourth-order valence-electron chi connectivity index (χ4n) is 2.15. The summed E-state index contributed by atoms with van der Waals surface area (Å²) in [6, 6.07) is 8.22. The van der Waals surface area contributed by atoms with Crippen LogP contribution in [0.3, 0.4) is 0 Å². The molecule has 0 aliphatic rings. The standard InChI is InChI=1S/C15H22N2O2/c1-15(18,7-8-19-2)11-16-9-12-10-17-14-6-4-3-5-13(12)14/h3-6,10,16-18H,7-9,11H2,1-2H3. The second-order valence-corrected chi connectivity index (χ2v) is 5.20. The molecule has 0 saturated carbocycles. The molecule has 0 fully saturated rings. The zero-order chi connectivity index (χ0) is 13.7. The molecule has 1 heterocycles. The number of hydrogen-bond donors (Lipinski definition) is 3. The number of fused-ring (bicyclic) bond motifs is 1. The van der Waals surface area contributed by atoms with Gasteiger partial charge in [0.05, 0.1) is 5.60 Å². The summed E-state index contributed by atoms with van der Waals surface area (Å²) in [4.78, 5) is 3.25. The molecule has 0 spiro atoms. The Balaban J connectivity index is 1.89. The lowest BCUT2D eigenvalue weighted by molar-refractivity contribution is 0.0248. The van der Waals surface area contributed by atoms with Gasteiger partial charge in [0.1, 0.15) is 0 Å². The molecule has 1 aromatic heterocycles. The molecule has 2 aromatic rings. The average Bonchev–Trinajstić information content (AvgIpc) is 2.80. The number of rotatable bonds is 7. The van der Waals surface area contributed by atoms with Crippen LogP contribution in [0.5, 0.6) is 0 Å². The smallest absolute Gasteiger partial charge is 0.0765 e. The maximum Gasteiger partial charge on any atom is 0.0765 e. The number of aromatic amines is 1. The molecule has 3 N–H and O–H groups in total. The van der Waals surface area contributed by atoms with E-state index in [1.165, 1.54) is 10.9 Å². The normalized spacial score (nSPS) is 14.7. The van der Waals surface area contributed by atoms with Gasteiger partial charge in [0.15, 0.2) is 0 Å². The van der Waals surface area contributed by atoms with E-state index < -0.39 is 5.60 Å². The van der Waals surface area contributed by atoms with Crippen LogP contribution in [0.15, 0.2) is 30.5 Å². The van der Waals surface area contributed by atoms with Crippen molar-refractivity contribution >= 4 is 10.9 Å². The van der Waals surface area contributed by atoms with Crippen molar-refractivity contribution in [3.8, 4) is 0 Å². The predicted octanol–water partition coefficient (Wildman–Crippen LogP) is 2.04. The first-order chi connectivity index (χ1) is 9.12. The van der Waals surface area contributed by atoms with Gasteiger partial charge in [0, 0.05) is 50.3 Å². The van der Waals surface area contributed by atoms with E-state index in [2.05, 4.69) is 22.4 Å². The van der Waals surface area contributed by atoms with Gasteiger partial charge in [-0.1, -0.05) is 18.2 Å². The number of methoxy groups -OCH3 is 1. The molecule has 1 unspecified atom stereocenters. The first-order valence-corrected chi connectivity index (χ1v) is 6.59. The summed E-state index contributed by atoms with van der Waals surface area (Å²) in [5.74, 6) is 0. The van der Waals surface area contributed by atoms with Crippen LogP contribution in [0.2, 0.25) is 0 Å². The minimum absolute atomic E-state index is 0.551. The highest BCUT2D eigenvalue weighted by Crippen LogP contribution is 2.17. The van der Waals surface area contributed by atoms with Crippen LogP contribution in [-0.2, 0) is 11.3 Å². The lowest BCUT2D eigenvalue weighted by atomic mass is 10.0. The van der Waals surface area contributed by atoms with Gasteiger partial charge >= 0.3 is 0 Å². The summed E-state index contributed by atoms with van der Waals surface area (Å²) in [5, 5.41) is 14.7. The van der Waals surface area contributed by atoms with E-state index in [1.807, 2.05) is 25.3 Å². The van der Waals surface area contributed by atoms with Gasteiger partial charge in [-0.3, -0.25) is 0 Å². The lowest BCUT2D eigenvalue weighted by Crippen LogP contribution is -2.38. The third-order valence-corrected chi connectivity index (χ3v) is 3.34. The lowest BCUT2D eigenvalue weighted by Gasteiger charge is -2.23. The van der Waals surface area contributed by atoms with E-state index in [9.17, 15) is 5.11 Å². The van der Waals surface area contributed by atoms with Crippen LogP contribution in [0.1, 0.15) is 18.9 Å². The summed E-state index contributed by atoms with van der Waals surface area (Å²) < 4.78 is 4.99. The predicted molar refractivity (Wildman–Crippen MR) is 77.1 cm³/mol. The highest BCUT2D eigenvalue weighted by molar-refractivity contribution is 5.82. The Morgan fingerprint density at radius 1 is 1.37 bits per heavy atom. The summed E-state index contributed by atoms with van der Waals surface area (Å²) in [6.45, 7) is 3.69. The van der Waals surface area contributed by atoms with Gasteiger partial charge in [-0.25, -0.2) is 0 Å². The van der Waals surface area contributed by atoms with Crippen molar-refractivity contribution in [1.82, 2.24) is 10.3 Å². The van der Waals surface area contributed by atoms with Gasteiger partial charge in [0.25, 0.3) is 0 Å². The van der Waals surface area contributed by atoms with Crippen molar-refractivity contribution in [2.75, 3.05) is 20.3 Å². The minimum Gasteiger partial charge on any atom is -0.389 e. The van der Waals surface area contributed by atoms with Crippen LogP contribution < -0.4 is 5.32 Å². The van der Waals surface area contributed by atoms with Crippen LogP contribution in [0.25, 0.3) is 10.9 Å². The van der Waals surface area contributed by atoms with Gasteiger partial charge < -0.3 is 20.1 Å². The molecule has 1 aromatic carbocycles. The van der Waals surface area contributed by atoms with Crippen LogP contribution in [0.4, 0.5) is 0 Å². The number of aliphatic hydroxyl groups is 1. The molecule has 2 rings (SSSR count). The Bertz CT molecular complexity index is 520.